The minimum absolute atomic E-state index is 0.0541. The van der Waals surface area contributed by atoms with Crippen molar-refractivity contribution in [1.29, 1.82) is 0 Å². The molecule has 0 aliphatic heterocycles. The topological polar surface area (TPSA) is 59.1 Å². The van der Waals surface area contributed by atoms with Crippen molar-refractivity contribution in [2.45, 2.75) is 19.4 Å². The summed E-state index contributed by atoms with van der Waals surface area (Å²) in [5, 5.41) is 2.89. The second-order valence-corrected chi connectivity index (χ2v) is 5.26. The number of aromatic nitrogens is 1. The molecule has 0 bridgehead atoms. The van der Waals surface area contributed by atoms with Crippen molar-refractivity contribution in [3.05, 3.63) is 65.5 Å². The van der Waals surface area contributed by atoms with E-state index in [9.17, 15) is 9.59 Å². The monoisotopic (exact) mass is 280 g/mol. The molecule has 1 aromatic carbocycles. The molecule has 2 aromatic rings. The van der Waals surface area contributed by atoms with Gasteiger partial charge >= 0.3 is 0 Å². The van der Waals surface area contributed by atoms with E-state index in [0.29, 0.717) is 13.0 Å². The fourth-order valence-electron chi connectivity index (χ4n) is 2.66. The Balaban J connectivity index is 1.65. The van der Waals surface area contributed by atoms with E-state index < -0.39 is 0 Å². The minimum Gasteiger partial charge on any atom is -0.352 e. The lowest BCUT2D eigenvalue weighted by atomic mass is 9.82. The van der Waals surface area contributed by atoms with Gasteiger partial charge in [-0.25, -0.2) is 0 Å². The summed E-state index contributed by atoms with van der Waals surface area (Å²) >= 11 is 0. The first-order chi connectivity index (χ1) is 10.2. The first-order valence-corrected chi connectivity index (χ1v) is 7.02. The highest BCUT2D eigenvalue weighted by Gasteiger charge is 2.29. The van der Waals surface area contributed by atoms with Crippen LogP contribution in [0.5, 0.6) is 0 Å². The van der Waals surface area contributed by atoms with Crippen LogP contribution in [0.2, 0.25) is 0 Å². The van der Waals surface area contributed by atoms with Crippen molar-refractivity contribution >= 4 is 11.7 Å². The zero-order valence-corrected chi connectivity index (χ0v) is 11.6. The number of rotatable bonds is 3. The van der Waals surface area contributed by atoms with Crippen LogP contribution in [-0.4, -0.2) is 16.7 Å². The Morgan fingerprint density at radius 2 is 2.05 bits per heavy atom. The Bertz CT molecular complexity index is 668. The molecule has 0 radical (unpaired) electrons. The van der Waals surface area contributed by atoms with Crippen molar-refractivity contribution in [2.75, 3.05) is 0 Å². The SMILES string of the molecule is O=C1CC(C(=O)NCc2cccnc2)Cc2ccccc21. The van der Waals surface area contributed by atoms with E-state index in [1.165, 1.54) is 0 Å². The largest absolute Gasteiger partial charge is 0.352 e. The highest BCUT2D eigenvalue weighted by Crippen LogP contribution is 2.25. The number of fused-ring (bicyclic) bond motifs is 1. The van der Waals surface area contributed by atoms with Gasteiger partial charge in [0.25, 0.3) is 0 Å². The third-order valence-electron chi connectivity index (χ3n) is 3.78. The number of benzene rings is 1. The number of hydrogen-bond donors (Lipinski definition) is 1. The highest BCUT2D eigenvalue weighted by atomic mass is 16.2. The van der Waals surface area contributed by atoms with E-state index in [2.05, 4.69) is 10.3 Å². The van der Waals surface area contributed by atoms with Crippen molar-refractivity contribution in [2.24, 2.45) is 5.92 Å². The molecule has 3 rings (SSSR count). The van der Waals surface area contributed by atoms with E-state index in [1.807, 2.05) is 36.4 Å². The van der Waals surface area contributed by atoms with Gasteiger partial charge in [-0.1, -0.05) is 30.3 Å². The van der Waals surface area contributed by atoms with Gasteiger partial charge in [0.2, 0.25) is 5.91 Å². The molecule has 1 aromatic heterocycles. The fraction of sp³-hybridized carbons (Fsp3) is 0.235. The van der Waals surface area contributed by atoms with Gasteiger partial charge in [0.1, 0.15) is 0 Å². The first-order valence-electron chi connectivity index (χ1n) is 7.02. The van der Waals surface area contributed by atoms with E-state index in [0.717, 1.165) is 16.7 Å². The molecule has 0 saturated heterocycles. The standard InChI is InChI=1S/C17H16N2O2/c20-16-9-14(8-13-5-1-2-6-15(13)16)17(21)19-11-12-4-3-7-18-10-12/h1-7,10,14H,8-9,11H2,(H,19,21). The van der Waals surface area contributed by atoms with Crippen molar-refractivity contribution in [1.82, 2.24) is 10.3 Å². The number of hydrogen-bond acceptors (Lipinski definition) is 3. The number of pyridine rings is 1. The third-order valence-corrected chi connectivity index (χ3v) is 3.78. The van der Waals surface area contributed by atoms with E-state index in [1.54, 1.807) is 12.4 Å². The van der Waals surface area contributed by atoms with Gasteiger partial charge in [-0.3, -0.25) is 14.6 Å². The quantitative estimate of drug-likeness (QED) is 0.937. The minimum atomic E-state index is -0.274. The van der Waals surface area contributed by atoms with Crippen LogP contribution in [-0.2, 0) is 17.8 Å². The van der Waals surface area contributed by atoms with Gasteiger partial charge in [0.15, 0.2) is 5.78 Å². The molecule has 21 heavy (non-hydrogen) atoms. The van der Waals surface area contributed by atoms with Crippen LogP contribution >= 0.6 is 0 Å². The number of carbonyl (C=O) groups is 2. The van der Waals surface area contributed by atoms with Gasteiger partial charge in [0.05, 0.1) is 0 Å². The average Bonchev–Trinajstić information content (AvgIpc) is 2.53. The Morgan fingerprint density at radius 3 is 2.86 bits per heavy atom. The molecule has 1 N–H and O–H groups in total. The van der Waals surface area contributed by atoms with Crippen molar-refractivity contribution < 1.29 is 9.59 Å². The maximum absolute atomic E-state index is 12.2. The Labute approximate surface area is 123 Å². The molecule has 0 saturated carbocycles. The Morgan fingerprint density at radius 1 is 1.19 bits per heavy atom. The summed E-state index contributed by atoms with van der Waals surface area (Å²) in [5.74, 6) is -0.288. The molecule has 1 amide bonds. The van der Waals surface area contributed by atoms with Crippen molar-refractivity contribution in [3.63, 3.8) is 0 Å². The predicted octanol–water partition coefficient (Wildman–Crippen LogP) is 2.14. The summed E-state index contributed by atoms with van der Waals surface area (Å²) in [6, 6.07) is 11.3. The van der Waals surface area contributed by atoms with Crippen LogP contribution < -0.4 is 5.32 Å². The molecule has 0 fully saturated rings. The summed E-state index contributed by atoms with van der Waals surface area (Å²) in [4.78, 5) is 28.3. The normalized spacial score (nSPS) is 17.1. The van der Waals surface area contributed by atoms with Crippen molar-refractivity contribution in [3.8, 4) is 0 Å². The van der Waals surface area contributed by atoms with Crippen LogP contribution in [0, 0.1) is 5.92 Å². The number of nitrogens with one attached hydrogen (secondary N) is 1. The number of amides is 1. The zero-order valence-electron chi connectivity index (χ0n) is 11.6. The number of Topliss-reactive ketones (excluding diaryl/α,β-unsaturated/α-hetero) is 1. The highest BCUT2D eigenvalue weighted by molar-refractivity contribution is 6.01. The molecular weight excluding hydrogens is 264 g/mol. The molecule has 1 unspecified atom stereocenters. The first kappa shape index (κ1) is 13.5. The maximum atomic E-state index is 12.2. The molecule has 0 spiro atoms. The van der Waals surface area contributed by atoms with Gasteiger partial charge in [-0.2, -0.15) is 0 Å². The lowest BCUT2D eigenvalue weighted by Gasteiger charge is -2.22. The van der Waals surface area contributed by atoms with Crippen LogP contribution in [0.4, 0.5) is 0 Å². The third kappa shape index (κ3) is 2.99. The lowest BCUT2D eigenvalue weighted by molar-refractivity contribution is -0.125. The Hall–Kier alpha value is -2.49. The molecule has 1 heterocycles. The average molecular weight is 280 g/mol. The molecule has 4 heteroatoms. The summed E-state index contributed by atoms with van der Waals surface area (Å²) in [6.07, 6.45) is 4.33. The number of nitrogens with zero attached hydrogens (tertiary/aromatic N) is 1. The smallest absolute Gasteiger partial charge is 0.224 e. The molecule has 4 nitrogen and oxygen atoms in total. The van der Waals surface area contributed by atoms with Crippen LogP contribution in [0.3, 0.4) is 0 Å². The van der Waals surface area contributed by atoms with Crippen LogP contribution in [0.25, 0.3) is 0 Å². The molecule has 1 aliphatic carbocycles. The lowest BCUT2D eigenvalue weighted by Crippen LogP contribution is -2.35. The molecule has 1 aliphatic rings. The van der Waals surface area contributed by atoms with Crippen LogP contribution in [0.1, 0.15) is 27.9 Å². The summed E-state index contributed by atoms with van der Waals surface area (Å²) in [7, 11) is 0. The molecular formula is C17H16N2O2. The second-order valence-electron chi connectivity index (χ2n) is 5.26. The zero-order chi connectivity index (χ0) is 14.7. The van der Waals surface area contributed by atoms with Gasteiger partial charge in [-0.05, 0) is 23.6 Å². The number of carbonyl (C=O) groups excluding carboxylic acids is 2. The fourth-order valence-corrected chi connectivity index (χ4v) is 2.66. The summed E-state index contributed by atoms with van der Waals surface area (Å²) in [6.45, 7) is 0.443. The Kier molecular flexibility index (Phi) is 3.77. The van der Waals surface area contributed by atoms with Gasteiger partial charge in [0, 0.05) is 36.8 Å². The second kappa shape index (κ2) is 5.87. The van der Waals surface area contributed by atoms with Gasteiger partial charge in [-0.15, -0.1) is 0 Å². The maximum Gasteiger partial charge on any atom is 0.224 e. The van der Waals surface area contributed by atoms with Crippen LogP contribution in [0.15, 0.2) is 48.8 Å². The number of ketones is 1. The summed E-state index contributed by atoms with van der Waals surface area (Å²) in [5.41, 5.74) is 2.68. The van der Waals surface area contributed by atoms with E-state index in [-0.39, 0.29) is 24.0 Å². The van der Waals surface area contributed by atoms with Gasteiger partial charge < -0.3 is 5.32 Å². The summed E-state index contributed by atoms with van der Waals surface area (Å²) < 4.78 is 0. The molecule has 106 valence electrons. The van der Waals surface area contributed by atoms with E-state index >= 15 is 0 Å². The van der Waals surface area contributed by atoms with E-state index in [4.69, 9.17) is 0 Å². The molecule has 1 atom stereocenters. The predicted molar refractivity (Wildman–Crippen MR) is 78.7 cm³/mol.